The van der Waals surface area contributed by atoms with Crippen molar-refractivity contribution < 1.29 is 9.59 Å². The van der Waals surface area contributed by atoms with Crippen LogP contribution in [-0.2, 0) is 13.0 Å². The van der Waals surface area contributed by atoms with E-state index in [2.05, 4.69) is 51.2 Å². The van der Waals surface area contributed by atoms with E-state index in [1.54, 1.807) is 30.3 Å². The Kier molecular flexibility index (Phi) is 7.36. The summed E-state index contributed by atoms with van der Waals surface area (Å²) in [4.78, 5) is 28.4. The molecule has 3 amide bonds. The number of anilines is 3. The largest absolute Gasteiger partial charge is 0.366 e. The van der Waals surface area contributed by atoms with Gasteiger partial charge in [0.25, 0.3) is 5.91 Å². The molecule has 0 radical (unpaired) electrons. The smallest absolute Gasteiger partial charge is 0.323 e. The Morgan fingerprint density at radius 2 is 1.57 bits per heavy atom. The number of nitrogens with one attached hydrogen (secondary N) is 3. The highest BCUT2D eigenvalue weighted by Gasteiger charge is 2.24. The van der Waals surface area contributed by atoms with Crippen LogP contribution in [0.15, 0.2) is 66.7 Å². The molecule has 0 spiro atoms. The van der Waals surface area contributed by atoms with E-state index in [1.807, 2.05) is 12.1 Å². The lowest BCUT2D eigenvalue weighted by molar-refractivity contribution is 0.0928. The molecule has 1 fully saturated rings. The molecule has 0 atom stereocenters. The summed E-state index contributed by atoms with van der Waals surface area (Å²) in [6, 6.07) is 22.5. The summed E-state index contributed by atoms with van der Waals surface area (Å²) >= 11 is 0. The first-order chi connectivity index (χ1) is 18.1. The fraction of sp³-hybridized carbons (Fsp3) is 0.300. The first kappa shape index (κ1) is 24.4. The zero-order chi connectivity index (χ0) is 25.6. The number of urea groups is 1. The maximum atomic E-state index is 13.5. The van der Waals surface area contributed by atoms with Crippen LogP contribution >= 0.6 is 0 Å². The molecule has 0 saturated heterocycles. The van der Waals surface area contributed by atoms with Gasteiger partial charge in [-0.05, 0) is 72.9 Å². The van der Waals surface area contributed by atoms with Gasteiger partial charge in [-0.25, -0.2) is 4.79 Å². The second-order valence-corrected chi connectivity index (χ2v) is 9.75. The molecule has 188 valence electrons. The normalized spacial score (nSPS) is 15.3. The highest BCUT2D eigenvalue weighted by molar-refractivity contribution is 6.04. The van der Waals surface area contributed by atoms with E-state index in [4.69, 9.17) is 5.26 Å². The number of carbonyl (C=O) groups is 2. The lowest BCUT2D eigenvalue weighted by atomic mass is 9.95. The van der Waals surface area contributed by atoms with E-state index in [1.165, 1.54) is 17.5 Å². The van der Waals surface area contributed by atoms with E-state index in [0.29, 0.717) is 22.5 Å². The second-order valence-electron chi connectivity index (χ2n) is 9.75. The van der Waals surface area contributed by atoms with E-state index < -0.39 is 6.03 Å². The van der Waals surface area contributed by atoms with Crippen molar-refractivity contribution in [3.63, 3.8) is 0 Å². The van der Waals surface area contributed by atoms with Gasteiger partial charge in [-0.1, -0.05) is 43.5 Å². The first-order valence-corrected chi connectivity index (χ1v) is 12.9. The van der Waals surface area contributed by atoms with Crippen LogP contribution < -0.4 is 20.9 Å². The van der Waals surface area contributed by atoms with Crippen molar-refractivity contribution >= 4 is 29.0 Å². The molecule has 3 aromatic carbocycles. The van der Waals surface area contributed by atoms with Gasteiger partial charge in [0, 0.05) is 36.2 Å². The monoisotopic (exact) mass is 493 g/mol. The standard InChI is InChI=1S/C30H31N5O2/c31-19-21-10-12-25(13-11-21)33-30(37)34-26-14-15-28(35-17-16-22-6-4-5-7-23(22)20-35)27(18-26)29(36)32-24-8-2-1-3-9-24/h4-7,10-15,18,24H,1-3,8-9,16-17,20H2,(H,32,36)(H2,33,34,37). The maximum Gasteiger partial charge on any atom is 0.323 e. The number of nitrogens with zero attached hydrogens (tertiary/aromatic N) is 2. The van der Waals surface area contributed by atoms with Crippen molar-refractivity contribution in [2.45, 2.75) is 51.1 Å². The van der Waals surface area contributed by atoms with Gasteiger partial charge in [0.1, 0.15) is 0 Å². The lowest BCUT2D eigenvalue weighted by Gasteiger charge is -2.32. The third kappa shape index (κ3) is 5.92. The van der Waals surface area contributed by atoms with Gasteiger partial charge in [-0.3, -0.25) is 4.79 Å². The van der Waals surface area contributed by atoms with Crippen molar-refractivity contribution in [3.8, 4) is 6.07 Å². The summed E-state index contributed by atoms with van der Waals surface area (Å²) in [6.45, 7) is 1.57. The molecule has 0 unspecified atom stereocenters. The molecule has 1 aliphatic heterocycles. The number of benzene rings is 3. The molecule has 0 aromatic heterocycles. The zero-order valence-electron chi connectivity index (χ0n) is 20.8. The average molecular weight is 494 g/mol. The van der Waals surface area contributed by atoms with E-state index in [-0.39, 0.29) is 11.9 Å². The van der Waals surface area contributed by atoms with Crippen LogP contribution in [0, 0.1) is 11.3 Å². The Labute approximate surface area is 217 Å². The summed E-state index contributed by atoms with van der Waals surface area (Å²) in [6.07, 6.45) is 6.42. The molecule has 1 saturated carbocycles. The summed E-state index contributed by atoms with van der Waals surface area (Å²) in [5, 5.41) is 17.8. The molecule has 7 nitrogen and oxygen atoms in total. The van der Waals surface area contributed by atoms with Crippen molar-refractivity contribution in [3.05, 3.63) is 89.0 Å². The van der Waals surface area contributed by atoms with E-state index in [9.17, 15) is 9.59 Å². The van der Waals surface area contributed by atoms with Gasteiger partial charge in [0.15, 0.2) is 0 Å². The van der Waals surface area contributed by atoms with Crippen LogP contribution in [0.4, 0.5) is 21.9 Å². The van der Waals surface area contributed by atoms with Crippen LogP contribution in [0.1, 0.15) is 59.2 Å². The molecule has 1 aliphatic carbocycles. The van der Waals surface area contributed by atoms with Gasteiger partial charge < -0.3 is 20.9 Å². The zero-order valence-corrected chi connectivity index (χ0v) is 20.8. The number of nitriles is 1. The fourth-order valence-electron chi connectivity index (χ4n) is 5.20. The number of rotatable bonds is 5. The summed E-state index contributed by atoms with van der Waals surface area (Å²) in [5.41, 5.74) is 5.72. The Morgan fingerprint density at radius 1 is 0.865 bits per heavy atom. The quantitative estimate of drug-likeness (QED) is 0.417. The summed E-state index contributed by atoms with van der Waals surface area (Å²) < 4.78 is 0. The molecule has 3 aromatic rings. The molecule has 2 aliphatic rings. The van der Waals surface area contributed by atoms with Crippen molar-refractivity contribution in [1.82, 2.24) is 5.32 Å². The fourth-order valence-corrected chi connectivity index (χ4v) is 5.20. The van der Waals surface area contributed by atoms with Crippen LogP contribution in [0.2, 0.25) is 0 Å². The minimum absolute atomic E-state index is 0.100. The third-order valence-electron chi connectivity index (χ3n) is 7.18. The third-order valence-corrected chi connectivity index (χ3v) is 7.18. The Balaban J connectivity index is 1.36. The number of hydrogen-bond acceptors (Lipinski definition) is 4. The lowest BCUT2D eigenvalue weighted by Crippen LogP contribution is -2.38. The van der Waals surface area contributed by atoms with Gasteiger partial charge in [0.2, 0.25) is 0 Å². The van der Waals surface area contributed by atoms with Crippen LogP contribution in [0.3, 0.4) is 0 Å². The Morgan fingerprint density at radius 3 is 2.32 bits per heavy atom. The van der Waals surface area contributed by atoms with Gasteiger partial charge in [-0.15, -0.1) is 0 Å². The maximum absolute atomic E-state index is 13.5. The highest BCUT2D eigenvalue weighted by Crippen LogP contribution is 2.30. The number of carbonyl (C=O) groups excluding carboxylic acids is 2. The first-order valence-electron chi connectivity index (χ1n) is 12.9. The Bertz CT molecular complexity index is 1320. The molecule has 5 rings (SSSR count). The Hall–Kier alpha value is -4.31. The number of fused-ring (bicyclic) bond motifs is 1. The number of hydrogen-bond donors (Lipinski definition) is 3. The summed E-state index contributed by atoms with van der Waals surface area (Å²) in [5.74, 6) is -0.100. The SMILES string of the molecule is N#Cc1ccc(NC(=O)Nc2ccc(N3CCc4ccccc4C3)c(C(=O)NC3CCCCC3)c2)cc1. The molecule has 37 heavy (non-hydrogen) atoms. The number of amides is 3. The predicted molar refractivity (Wildman–Crippen MR) is 146 cm³/mol. The molecular formula is C30H31N5O2. The average Bonchev–Trinajstić information content (AvgIpc) is 2.93. The van der Waals surface area contributed by atoms with Gasteiger partial charge in [0.05, 0.1) is 17.2 Å². The van der Waals surface area contributed by atoms with Gasteiger partial charge >= 0.3 is 6.03 Å². The minimum Gasteiger partial charge on any atom is -0.366 e. The van der Waals surface area contributed by atoms with Crippen LogP contribution in [-0.4, -0.2) is 24.5 Å². The molecule has 1 heterocycles. The van der Waals surface area contributed by atoms with E-state index in [0.717, 1.165) is 50.9 Å². The van der Waals surface area contributed by atoms with Crippen LogP contribution in [0.5, 0.6) is 0 Å². The van der Waals surface area contributed by atoms with Crippen LogP contribution in [0.25, 0.3) is 0 Å². The minimum atomic E-state index is -0.414. The van der Waals surface area contributed by atoms with E-state index >= 15 is 0 Å². The molecule has 7 heteroatoms. The predicted octanol–water partition coefficient (Wildman–Crippen LogP) is 5.83. The summed E-state index contributed by atoms with van der Waals surface area (Å²) in [7, 11) is 0. The van der Waals surface area contributed by atoms with Crippen molar-refractivity contribution in [2.24, 2.45) is 0 Å². The second kappa shape index (κ2) is 11.2. The topological polar surface area (TPSA) is 97.3 Å². The highest BCUT2D eigenvalue weighted by atomic mass is 16.2. The molecule has 3 N–H and O–H groups in total. The molecule has 0 bridgehead atoms. The molecular weight excluding hydrogens is 462 g/mol. The van der Waals surface area contributed by atoms with Crippen molar-refractivity contribution in [2.75, 3.05) is 22.1 Å². The van der Waals surface area contributed by atoms with Gasteiger partial charge in [-0.2, -0.15) is 5.26 Å². The van der Waals surface area contributed by atoms with Crippen molar-refractivity contribution in [1.29, 1.82) is 5.26 Å².